The Kier molecular flexibility index (Phi) is 10.3. The summed E-state index contributed by atoms with van der Waals surface area (Å²) in [6.45, 7) is 14.5. The third-order valence-corrected chi connectivity index (χ3v) is 2.52. The number of hydrogen-bond acceptors (Lipinski definition) is 3. The molecule has 92 valence electrons. The molecule has 1 aliphatic heterocycles. The maximum absolute atomic E-state index is 5.04. The molecule has 0 spiro atoms. The normalized spacial score (nSPS) is 18.4. The van der Waals surface area contributed by atoms with E-state index in [1.807, 2.05) is 0 Å². The molecule has 0 radical (unpaired) electrons. The predicted molar refractivity (Wildman–Crippen MR) is 66.4 cm³/mol. The molecule has 0 amide bonds. The number of ether oxygens (including phenoxy) is 1. The van der Waals surface area contributed by atoms with Gasteiger partial charge in [0.2, 0.25) is 0 Å². The molecule has 15 heavy (non-hydrogen) atoms. The molecule has 3 nitrogen and oxygen atoms in total. The van der Waals surface area contributed by atoms with Crippen LogP contribution in [0.3, 0.4) is 0 Å². The Morgan fingerprint density at radius 3 is 1.80 bits per heavy atom. The van der Waals surface area contributed by atoms with Gasteiger partial charge in [-0.1, -0.05) is 27.2 Å². The fourth-order valence-electron chi connectivity index (χ4n) is 1.55. The number of likely N-dealkylation sites (N-methyl/N-ethyl adjacent to an activating group) is 1. The second-order valence-corrected chi connectivity index (χ2v) is 3.98. The average Bonchev–Trinajstić information content (AvgIpc) is 2.28. The minimum atomic E-state index is 0.867. The maximum atomic E-state index is 5.04. The van der Waals surface area contributed by atoms with Gasteiger partial charge < -0.3 is 9.64 Å². The van der Waals surface area contributed by atoms with Crippen LogP contribution in [0.25, 0.3) is 0 Å². The van der Waals surface area contributed by atoms with Gasteiger partial charge in [0.1, 0.15) is 0 Å². The van der Waals surface area contributed by atoms with E-state index < -0.39 is 0 Å². The lowest BCUT2D eigenvalue weighted by atomic mass is 10.3. The molecule has 0 saturated carbocycles. The second-order valence-electron chi connectivity index (χ2n) is 3.98. The van der Waals surface area contributed by atoms with E-state index in [-0.39, 0.29) is 0 Å². The molecule has 0 unspecified atom stereocenters. The van der Waals surface area contributed by atoms with Crippen LogP contribution in [0.15, 0.2) is 0 Å². The molecule has 0 aromatic heterocycles. The zero-order valence-corrected chi connectivity index (χ0v) is 11.0. The Bertz CT molecular complexity index is 123. The van der Waals surface area contributed by atoms with Gasteiger partial charge >= 0.3 is 0 Å². The predicted octanol–water partition coefficient (Wildman–Crippen LogP) is 1.69. The van der Waals surface area contributed by atoms with Crippen molar-refractivity contribution in [1.82, 2.24) is 9.80 Å². The number of rotatable bonds is 4. The van der Waals surface area contributed by atoms with E-state index in [0.717, 1.165) is 13.2 Å². The van der Waals surface area contributed by atoms with Crippen molar-refractivity contribution < 1.29 is 4.74 Å². The van der Waals surface area contributed by atoms with Gasteiger partial charge in [0, 0.05) is 39.8 Å². The fraction of sp³-hybridized carbons (Fsp3) is 1.00. The van der Waals surface area contributed by atoms with Crippen LogP contribution in [0, 0.1) is 0 Å². The lowest BCUT2D eigenvalue weighted by Crippen LogP contribution is -2.46. The Morgan fingerprint density at radius 1 is 0.933 bits per heavy atom. The van der Waals surface area contributed by atoms with Crippen LogP contribution in [0.1, 0.15) is 27.2 Å². The molecular formula is C12H28N2O. The van der Waals surface area contributed by atoms with Crippen LogP contribution >= 0.6 is 0 Å². The first-order chi connectivity index (χ1) is 7.28. The summed E-state index contributed by atoms with van der Waals surface area (Å²) in [5.74, 6) is 0. The summed E-state index contributed by atoms with van der Waals surface area (Å²) < 4.78 is 5.04. The van der Waals surface area contributed by atoms with Crippen LogP contribution in [-0.2, 0) is 4.74 Å². The Labute approximate surface area is 95.4 Å². The van der Waals surface area contributed by atoms with Crippen LogP contribution < -0.4 is 0 Å². The number of piperazine rings is 1. The van der Waals surface area contributed by atoms with Gasteiger partial charge in [0.25, 0.3) is 0 Å². The SMILES string of the molecule is CCC.CCN1CCN(CCOC)CC1. The van der Waals surface area contributed by atoms with E-state index in [1.54, 1.807) is 7.11 Å². The van der Waals surface area contributed by atoms with Gasteiger partial charge in [-0.2, -0.15) is 0 Å². The van der Waals surface area contributed by atoms with Crippen molar-refractivity contribution in [1.29, 1.82) is 0 Å². The first-order valence-corrected chi connectivity index (χ1v) is 6.22. The highest BCUT2D eigenvalue weighted by atomic mass is 16.5. The molecule has 1 fully saturated rings. The first-order valence-electron chi connectivity index (χ1n) is 6.22. The molecule has 3 heteroatoms. The summed E-state index contributed by atoms with van der Waals surface area (Å²) in [6.07, 6.45) is 1.25. The summed E-state index contributed by atoms with van der Waals surface area (Å²) >= 11 is 0. The Hall–Kier alpha value is -0.120. The summed E-state index contributed by atoms with van der Waals surface area (Å²) in [5, 5.41) is 0. The Morgan fingerprint density at radius 2 is 1.40 bits per heavy atom. The van der Waals surface area contributed by atoms with Gasteiger partial charge in [-0.05, 0) is 6.54 Å². The van der Waals surface area contributed by atoms with Gasteiger partial charge in [-0.3, -0.25) is 4.90 Å². The first kappa shape index (κ1) is 14.9. The van der Waals surface area contributed by atoms with E-state index >= 15 is 0 Å². The van der Waals surface area contributed by atoms with Crippen molar-refractivity contribution in [3.8, 4) is 0 Å². The lowest BCUT2D eigenvalue weighted by molar-refractivity contribution is 0.0995. The van der Waals surface area contributed by atoms with Crippen molar-refractivity contribution in [3.05, 3.63) is 0 Å². The summed E-state index contributed by atoms with van der Waals surface area (Å²) in [7, 11) is 1.77. The summed E-state index contributed by atoms with van der Waals surface area (Å²) in [5.41, 5.74) is 0. The number of nitrogens with zero attached hydrogens (tertiary/aromatic N) is 2. The maximum Gasteiger partial charge on any atom is 0.0589 e. The van der Waals surface area contributed by atoms with Crippen molar-refractivity contribution in [2.24, 2.45) is 0 Å². The molecule has 0 N–H and O–H groups in total. The lowest BCUT2D eigenvalue weighted by Gasteiger charge is -2.33. The molecule has 0 bridgehead atoms. The third kappa shape index (κ3) is 7.77. The number of methoxy groups -OCH3 is 1. The van der Waals surface area contributed by atoms with Crippen LogP contribution in [0.5, 0.6) is 0 Å². The van der Waals surface area contributed by atoms with Gasteiger partial charge in [0.05, 0.1) is 6.61 Å². The van der Waals surface area contributed by atoms with E-state index in [2.05, 4.69) is 30.6 Å². The molecule has 0 aliphatic carbocycles. The monoisotopic (exact) mass is 216 g/mol. The van der Waals surface area contributed by atoms with Crippen molar-refractivity contribution in [2.75, 3.05) is 53.0 Å². The summed E-state index contributed by atoms with van der Waals surface area (Å²) in [6, 6.07) is 0. The van der Waals surface area contributed by atoms with Gasteiger partial charge in [0.15, 0.2) is 0 Å². The number of hydrogen-bond donors (Lipinski definition) is 0. The topological polar surface area (TPSA) is 15.7 Å². The zero-order chi connectivity index (χ0) is 11.5. The highest BCUT2D eigenvalue weighted by Gasteiger charge is 2.14. The minimum Gasteiger partial charge on any atom is -0.383 e. The van der Waals surface area contributed by atoms with Crippen molar-refractivity contribution >= 4 is 0 Å². The second kappa shape index (κ2) is 10.4. The molecule has 0 atom stereocenters. The van der Waals surface area contributed by atoms with Gasteiger partial charge in [-0.25, -0.2) is 0 Å². The molecule has 0 aromatic rings. The molecule has 1 heterocycles. The highest BCUT2D eigenvalue weighted by molar-refractivity contribution is 4.70. The van der Waals surface area contributed by atoms with E-state index in [1.165, 1.54) is 39.1 Å². The minimum absolute atomic E-state index is 0.867. The van der Waals surface area contributed by atoms with Crippen LogP contribution in [0.2, 0.25) is 0 Å². The molecule has 1 aliphatic rings. The Balaban J connectivity index is 0.000000583. The fourth-order valence-corrected chi connectivity index (χ4v) is 1.55. The average molecular weight is 216 g/mol. The van der Waals surface area contributed by atoms with Crippen LogP contribution in [-0.4, -0.2) is 62.8 Å². The highest BCUT2D eigenvalue weighted by Crippen LogP contribution is 1.99. The van der Waals surface area contributed by atoms with Gasteiger partial charge in [-0.15, -0.1) is 0 Å². The van der Waals surface area contributed by atoms with Crippen molar-refractivity contribution in [2.45, 2.75) is 27.2 Å². The standard InChI is InChI=1S/C9H20N2O.C3H8/c1-3-10-4-6-11(7-5-10)8-9-12-2;1-3-2/h3-9H2,1-2H3;3H2,1-2H3. The van der Waals surface area contributed by atoms with Crippen molar-refractivity contribution in [3.63, 3.8) is 0 Å². The van der Waals surface area contributed by atoms with E-state index in [0.29, 0.717) is 0 Å². The van der Waals surface area contributed by atoms with E-state index in [9.17, 15) is 0 Å². The third-order valence-electron chi connectivity index (χ3n) is 2.52. The summed E-state index contributed by atoms with van der Waals surface area (Å²) in [4.78, 5) is 4.96. The van der Waals surface area contributed by atoms with Crippen LogP contribution in [0.4, 0.5) is 0 Å². The molecular weight excluding hydrogens is 188 g/mol. The molecule has 1 rings (SSSR count). The zero-order valence-electron chi connectivity index (χ0n) is 11.0. The largest absolute Gasteiger partial charge is 0.383 e. The smallest absolute Gasteiger partial charge is 0.0589 e. The molecule has 1 saturated heterocycles. The quantitative estimate of drug-likeness (QED) is 0.711. The van der Waals surface area contributed by atoms with E-state index in [4.69, 9.17) is 4.74 Å². The molecule has 0 aromatic carbocycles.